The summed E-state index contributed by atoms with van der Waals surface area (Å²) >= 11 is 0. The maximum Gasteiger partial charge on any atom is 0.326 e. The quantitative estimate of drug-likeness (QED) is 0.715. The number of aliphatic hydroxyl groups is 1. The van der Waals surface area contributed by atoms with Crippen molar-refractivity contribution in [2.45, 2.75) is 12.5 Å². The van der Waals surface area contributed by atoms with Gasteiger partial charge in [-0.05, 0) is 18.2 Å². The first-order valence-corrected chi connectivity index (χ1v) is 6.37. The van der Waals surface area contributed by atoms with Gasteiger partial charge in [-0.15, -0.1) is 0 Å². The van der Waals surface area contributed by atoms with E-state index < -0.39 is 17.9 Å². The second-order valence-electron chi connectivity index (χ2n) is 4.36. The molecule has 0 bridgehead atoms. The summed E-state index contributed by atoms with van der Waals surface area (Å²) in [4.78, 5) is 22.9. The zero-order chi connectivity index (χ0) is 15.2. The number of carboxylic acid groups (broad SMARTS) is 1. The molecule has 1 aromatic carbocycles. The fourth-order valence-corrected chi connectivity index (χ4v) is 1.79. The lowest BCUT2D eigenvalue weighted by atomic mass is 10.2. The van der Waals surface area contributed by atoms with Crippen LogP contribution in [0.15, 0.2) is 42.6 Å². The number of amides is 1. The minimum absolute atomic E-state index is 0.0551. The second-order valence-corrected chi connectivity index (χ2v) is 4.36. The van der Waals surface area contributed by atoms with E-state index >= 15 is 0 Å². The number of aliphatic carboxylic acids is 1. The Morgan fingerprint density at radius 1 is 1.24 bits per heavy atom. The maximum absolute atomic E-state index is 11.9. The van der Waals surface area contributed by atoms with Crippen molar-refractivity contribution in [3.8, 4) is 5.69 Å². The third kappa shape index (κ3) is 3.67. The van der Waals surface area contributed by atoms with Gasteiger partial charge in [-0.2, -0.15) is 5.10 Å². The molecule has 0 saturated carbocycles. The van der Waals surface area contributed by atoms with Crippen LogP contribution in [0.4, 0.5) is 0 Å². The third-order valence-corrected chi connectivity index (χ3v) is 2.86. The van der Waals surface area contributed by atoms with Gasteiger partial charge in [-0.3, -0.25) is 4.79 Å². The normalized spacial score (nSPS) is 11.9. The summed E-state index contributed by atoms with van der Waals surface area (Å²) in [6.07, 6.45) is 1.56. The van der Waals surface area contributed by atoms with E-state index in [0.29, 0.717) is 0 Å². The van der Waals surface area contributed by atoms with Gasteiger partial charge in [0.25, 0.3) is 5.91 Å². The monoisotopic (exact) mass is 289 g/mol. The van der Waals surface area contributed by atoms with Crippen molar-refractivity contribution in [3.63, 3.8) is 0 Å². The van der Waals surface area contributed by atoms with Gasteiger partial charge in [-0.1, -0.05) is 18.2 Å². The molecule has 0 unspecified atom stereocenters. The molecule has 3 N–H and O–H groups in total. The molecule has 2 aromatic rings. The fourth-order valence-electron chi connectivity index (χ4n) is 1.79. The van der Waals surface area contributed by atoms with Crippen LogP contribution >= 0.6 is 0 Å². The highest BCUT2D eigenvalue weighted by Gasteiger charge is 2.21. The van der Waals surface area contributed by atoms with Crippen LogP contribution in [0.1, 0.15) is 16.9 Å². The molecule has 0 fully saturated rings. The lowest BCUT2D eigenvalue weighted by molar-refractivity contribution is -0.139. The zero-order valence-electron chi connectivity index (χ0n) is 11.1. The van der Waals surface area contributed by atoms with Gasteiger partial charge < -0.3 is 15.5 Å². The Morgan fingerprint density at radius 3 is 2.57 bits per heavy atom. The number of hydrogen-bond acceptors (Lipinski definition) is 4. The van der Waals surface area contributed by atoms with Crippen LogP contribution in [-0.2, 0) is 4.79 Å². The summed E-state index contributed by atoms with van der Waals surface area (Å²) in [6, 6.07) is 9.59. The maximum atomic E-state index is 11.9. The van der Waals surface area contributed by atoms with Gasteiger partial charge in [0, 0.05) is 19.2 Å². The van der Waals surface area contributed by atoms with Crippen LogP contribution < -0.4 is 5.32 Å². The first-order chi connectivity index (χ1) is 10.1. The van der Waals surface area contributed by atoms with Gasteiger partial charge >= 0.3 is 5.97 Å². The molecule has 0 radical (unpaired) electrons. The number of carboxylic acids is 1. The lowest BCUT2D eigenvalue weighted by Gasteiger charge is -2.11. The van der Waals surface area contributed by atoms with Crippen LogP contribution in [-0.4, -0.2) is 44.5 Å². The van der Waals surface area contributed by atoms with Crippen LogP contribution in [0, 0.1) is 0 Å². The number of carbonyl (C=O) groups excluding carboxylic acids is 1. The van der Waals surface area contributed by atoms with Crippen LogP contribution in [0.3, 0.4) is 0 Å². The Kier molecular flexibility index (Phi) is 4.68. The Balaban J connectivity index is 2.10. The number of hydrogen-bond donors (Lipinski definition) is 3. The van der Waals surface area contributed by atoms with Crippen LogP contribution in [0.2, 0.25) is 0 Å². The summed E-state index contributed by atoms with van der Waals surface area (Å²) in [5, 5.41) is 24.1. The largest absolute Gasteiger partial charge is 0.480 e. The second kappa shape index (κ2) is 6.67. The topological polar surface area (TPSA) is 104 Å². The Hall–Kier alpha value is -2.67. The highest BCUT2D eigenvalue weighted by molar-refractivity contribution is 5.94. The minimum atomic E-state index is -1.19. The number of nitrogens with zero attached hydrogens (tertiary/aromatic N) is 2. The fraction of sp³-hybridized carbons (Fsp3) is 0.214. The van der Waals surface area contributed by atoms with Crippen LogP contribution in [0.5, 0.6) is 0 Å². The van der Waals surface area contributed by atoms with E-state index in [0.717, 1.165) is 5.69 Å². The van der Waals surface area contributed by atoms with Crippen molar-refractivity contribution < 1.29 is 19.8 Å². The molecule has 1 amide bonds. The first-order valence-electron chi connectivity index (χ1n) is 6.37. The number of para-hydroxylation sites is 1. The number of benzene rings is 1. The van der Waals surface area contributed by atoms with Crippen molar-refractivity contribution in [2.24, 2.45) is 0 Å². The van der Waals surface area contributed by atoms with E-state index in [4.69, 9.17) is 10.2 Å². The van der Waals surface area contributed by atoms with Crippen molar-refractivity contribution in [1.29, 1.82) is 0 Å². The van der Waals surface area contributed by atoms with E-state index in [1.807, 2.05) is 30.3 Å². The molecule has 0 spiro atoms. The molecule has 2 rings (SSSR count). The van der Waals surface area contributed by atoms with Gasteiger partial charge in [0.2, 0.25) is 0 Å². The Morgan fingerprint density at radius 2 is 1.95 bits per heavy atom. The Labute approximate surface area is 120 Å². The highest BCUT2D eigenvalue weighted by Crippen LogP contribution is 2.07. The molecule has 0 aliphatic heterocycles. The van der Waals surface area contributed by atoms with Gasteiger partial charge in [0.15, 0.2) is 5.69 Å². The summed E-state index contributed by atoms with van der Waals surface area (Å²) in [6.45, 7) is -0.324. The highest BCUT2D eigenvalue weighted by atomic mass is 16.4. The number of rotatable bonds is 6. The molecule has 0 saturated heterocycles. The Bertz CT molecular complexity index is 624. The molecular formula is C14H15N3O4. The van der Waals surface area contributed by atoms with Gasteiger partial charge in [-0.25, -0.2) is 9.48 Å². The molecule has 110 valence electrons. The van der Waals surface area contributed by atoms with E-state index in [2.05, 4.69) is 10.4 Å². The molecule has 21 heavy (non-hydrogen) atoms. The first kappa shape index (κ1) is 14.7. The molecule has 7 heteroatoms. The summed E-state index contributed by atoms with van der Waals surface area (Å²) < 4.78 is 1.52. The molecule has 7 nitrogen and oxygen atoms in total. The number of aromatic nitrogens is 2. The molecule has 1 aromatic heterocycles. The SMILES string of the molecule is O=C(N[C@H](CCO)C(=O)O)c1ccn(-c2ccccc2)n1. The van der Waals surface area contributed by atoms with E-state index in [1.54, 1.807) is 6.20 Å². The summed E-state index contributed by atoms with van der Waals surface area (Å²) in [7, 11) is 0. The third-order valence-electron chi connectivity index (χ3n) is 2.86. The van der Waals surface area contributed by atoms with Crippen LogP contribution in [0.25, 0.3) is 5.69 Å². The van der Waals surface area contributed by atoms with E-state index in [-0.39, 0.29) is 18.7 Å². The predicted octanol–water partition coefficient (Wildman–Crippen LogP) is 0.438. The van der Waals surface area contributed by atoms with E-state index in [1.165, 1.54) is 10.7 Å². The standard InChI is InChI=1S/C14H15N3O4/c18-9-7-12(14(20)21)15-13(19)11-6-8-17(16-11)10-4-2-1-3-5-10/h1-6,8,12,18H,7,9H2,(H,15,19)(H,20,21)/t12-/m1/s1. The average molecular weight is 289 g/mol. The molecule has 1 heterocycles. The van der Waals surface area contributed by atoms with Gasteiger partial charge in [0.05, 0.1) is 5.69 Å². The van der Waals surface area contributed by atoms with Crippen molar-refractivity contribution in [1.82, 2.24) is 15.1 Å². The minimum Gasteiger partial charge on any atom is -0.480 e. The zero-order valence-corrected chi connectivity index (χ0v) is 11.1. The molecular weight excluding hydrogens is 274 g/mol. The number of carbonyl (C=O) groups is 2. The molecule has 0 aliphatic carbocycles. The van der Waals surface area contributed by atoms with Gasteiger partial charge in [0.1, 0.15) is 6.04 Å². The predicted molar refractivity (Wildman–Crippen MR) is 74.2 cm³/mol. The summed E-state index contributed by atoms with van der Waals surface area (Å²) in [5.74, 6) is -1.79. The number of nitrogens with one attached hydrogen (secondary N) is 1. The molecule has 0 aliphatic rings. The van der Waals surface area contributed by atoms with Crippen molar-refractivity contribution >= 4 is 11.9 Å². The average Bonchev–Trinajstić information content (AvgIpc) is 2.97. The van der Waals surface area contributed by atoms with Crippen molar-refractivity contribution in [2.75, 3.05) is 6.61 Å². The van der Waals surface area contributed by atoms with Crippen molar-refractivity contribution in [3.05, 3.63) is 48.3 Å². The van der Waals surface area contributed by atoms with E-state index in [9.17, 15) is 9.59 Å². The smallest absolute Gasteiger partial charge is 0.326 e. The lowest BCUT2D eigenvalue weighted by Crippen LogP contribution is -2.41. The molecule has 1 atom stereocenters. The number of aliphatic hydroxyl groups excluding tert-OH is 1. The summed E-state index contributed by atoms with van der Waals surface area (Å²) in [5.41, 5.74) is 0.907.